The first-order valence-corrected chi connectivity index (χ1v) is 10.6. The molecule has 0 heterocycles. The normalized spacial score (nSPS) is 30.7. The summed E-state index contributed by atoms with van der Waals surface area (Å²) >= 11 is 3.76. The molecule has 3 aliphatic rings. The average Bonchev–Trinajstić information content (AvgIpc) is 2.70. The van der Waals surface area contributed by atoms with Gasteiger partial charge in [0.05, 0.1) is 11.7 Å². The smallest absolute Gasteiger partial charge is 0.308 e. The SMILES string of the molecule is COCO[C@@H]1CCCC2=CC[C@H]3C(=O)c4c(OC(C)=O)cccc4C(=O)[C@@]3(Br)[C@H]21. The summed E-state index contributed by atoms with van der Waals surface area (Å²) in [6.07, 6.45) is 4.99. The Balaban J connectivity index is 1.83. The fourth-order valence-corrected chi connectivity index (χ4v) is 6.22. The third-order valence-electron chi connectivity index (χ3n) is 6.14. The molecule has 0 bridgehead atoms. The number of halogens is 1. The molecule has 6 nitrogen and oxygen atoms in total. The number of allylic oxidation sites excluding steroid dienone is 1. The molecule has 0 unspecified atom stereocenters. The predicted octanol–water partition coefficient (Wildman–Crippen LogP) is 3.86. The van der Waals surface area contributed by atoms with Crippen molar-refractivity contribution < 1.29 is 28.6 Å². The third-order valence-corrected chi connectivity index (χ3v) is 7.54. The van der Waals surface area contributed by atoms with Gasteiger partial charge < -0.3 is 14.2 Å². The van der Waals surface area contributed by atoms with Crippen LogP contribution in [0.4, 0.5) is 0 Å². The fourth-order valence-electron chi connectivity index (χ4n) is 5.02. The van der Waals surface area contributed by atoms with E-state index in [-0.39, 0.29) is 41.7 Å². The van der Waals surface area contributed by atoms with Crippen molar-refractivity contribution in [1.82, 2.24) is 0 Å². The summed E-state index contributed by atoms with van der Waals surface area (Å²) < 4.78 is 15.2. The van der Waals surface area contributed by atoms with Crippen LogP contribution in [-0.4, -0.2) is 41.9 Å². The summed E-state index contributed by atoms with van der Waals surface area (Å²) in [5.41, 5.74) is 1.65. The number of Topliss-reactive ketones (excluding diaryl/α,β-unsaturated/α-hetero) is 2. The Kier molecular flexibility index (Phi) is 5.48. The van der Waals surface area contributed by atoms with E-state index < -0.39 is 16.2 Å². The molecule has 3 aliphatic carbocycles. The second kappa shape index (κ2) is 7.78. The Bertz CT molecular complexity index is 907. The average molecular weight is 463 g/mol. The highest BCUT2D eigenvalue weighted by atomic mass is 79.9. The van der Waals surface area contributed by atoms with Crippen LogP contribution in [0.5, 0.6) is 5.75 Å². The Labute approximate surface area is 177 Å². The van der Waals surface area contributed by atoms with Gasteiger partial charge in [-0.05, 0) is 31.7 Å². The van der Waals surface area contributed by atoms with Crippen molar-refractivity contribution in [2.45, 2.75) is 43.0 Å². The maximum atomic E-state index is 13.8. The number of carbonyl (C=O) groups excluding carboxylic acids is 3. The van der Waals surface area contributed by atoms with Crippen molar-refractivity contribution in [2.75, 3.05) is 13.9 Å². The highest BCUT2D eigenvalue weighted by Gasteiger charge is 2.61. The van der Waals surface area contributed by atoms with Crippen LogP contribution in [0.15, 0.2) is 29.8 Å². The largest absolute Gasteiger partial charge is 0.426 e. The lowest BCUT2D eigenvalue weighted by atomic mass is 9.59. The summed E-state index contributed by atoms with van der Waals surface area (Å²) in [6.45, 7) is 1.41. The van der Waals surface area contributed by atoms with Crippen LogP contribution in [0.1, 0.15) is 53.3 Å². The number of hydrogen-bond donors (Lipinski definition) is 0. The van der Waals surface area contributed by atoms with Gasteiger partial charge in [-0.15, -0.1) is 0 Å². The quantitative estimate of drug-likeness (QED) is 0.222. The highest BCUT2D eigenvalue weighted by Crippen LogP contribution is 2.56. The number of carbonyl (C=O) groups is 3. The van der Waals surface area contributed by atoms with E-state index in [2.05, 4.69) is 22.0 Å². The summed E-state index contributed by atoms with van der Waals surface area (Å²) in [6, 6.07) is 4.83. The van der Waals surface area contributed by atoms with Gasteiger partial charge in [0.1, 0.15) is 16.9 Å². The molecule has 4 atom stereocenters. The van der Waals surface area contributed by atoms with Crippen molar-refractivity contribution in [3.05, 3.63) is 41.0 Å². The Hall–Kier alpha value is -1.83. The van der Waals surface area contributed by atoms with Crippen molar-refractivity contribution in [2.24, 2.45) is 11.8 Å². The summed E-state index contributed by atoms with van der Waals surface area (Å²) in [7, 11) is 1.56. The standard InChI is InChI=1S/C22H23BrO6/c1-12(24)29-16-7-4-6-14-18(16)20(25)15-10-9-13-5-3-8-17(28-11-27-2)19(13)22(15,23)21(14)26/h4,6-7,9,15,17,19H,3,5,8,10-11H2,1-2H3/t15-,17+,19+,22-/m0/s1. The molecule has 1 aromatic rings. The Morgan fingerprint density at radius 3 is 2.83 bits per heavy atom. The first kappa shape index (κ1) is 20.4. The van der Waals surface area contributed by atoms with Gasteiger partial charge >= 0.3 is 5.97 Å². The molecule has 4 rings (SSSR count). The van der Waals surface area contributed by atoms with Crippen LogP contribution in [0, 0.1) is 11.8 Å². The Morgan fingerprint density at radius 1 is 1.31 bits per heavy atom. The molecule has 0 amide bonds. The van der Waals surface area contributed by atoms with Gasteiger partial charge in [-0.25, -0.2) is 0 Å². The summed E-state index contributed by atoms with van der Waals surface area (Å²) in [4.78, 5) is 38.8. The van der Waals surface area contributed by atoms with Crippen molar-refractivity contribution in [3.8, 4) is 5.75 Å². The van der Waals surface area contributed by atoms with Crippen molar-refractivity contribution in [1.29, 1.82) is 0 Å². The lowest BCUT2D eigenvalue weighted by Crippen LogP contribution is -2.59. The topological polar surface area (TPSA) is 78.9 Å². The molecule has 0 spiro atoms. The van der Waals surface area contributed by atoms with Gasteiger partial charge in [0, 0.05) is 31.4 Å². The van der Waals surface area contributed by atoms with Crippen LogP contribution in [0.25, 0.3) is 0 Å². The lowest BCUT2D eigenvalue weighted by Gasteiger charge is -2.50. The molecule has 1 aromatic carbocycles. The molecule has 0 N–H and O–H groups in total. The van der Waals surface area contributed by atoms with E-state index >= 15 is 0 Å². The first-order chi connectivity index (χ1) is 13.9. The molecule has 0 radical (unpaired) electrons. The van der Waals surface area contributed by atoms with E-state index in [1.54, 1.807) is 25.3 Å². The molecule has 29 heavy (non-hydrogen) atoms. The van der Waals surface area contributed by atoms with E-state index in [1.165, 1.54) is 6.92 Å². The van der Waals surface area contributed by atoms with E-state index in [4.69, 9.17) is 14.2 Å². The molecule has 1 fully saturated rings. The van der Waals surface area contributed by atoms with Crippen molar-refractivity contribution >= 4 is 33.5 Å². The van der Waals surface area contributed by atoms with Crippen molar-refractivity contribution in [3.63, 3.8) is 0 Å². The number of hydrogen-bond acceptors (Lipinski definition) is 6. The second-order valence-electron chi connectivity index (χ2n) is 7.78. The van der Waals surface area contributed by atoms with Gasteiger partial charge in [0.25, 0.3) is 0 Å². The Morgan fingerprint density at radius 2 is 2.10 bits per heavy atom. The number of methoxy groups -OCH3 is 1. The number of alkyl halides is 1. The molecule has 0 aliphatic heterocycles. The van der Waals surface area contributed by atoms with Crippen LogP contribution >= 0.6 is 15.9 Å². The maximum absolute atomic E-state index is 13.8. The number of fused-ring (bicyclic) bond motifs is 4. The molecular formula is C22H23BrO6. The van der Waals surface area contributed by atoms with Gasteiger partial charge in [-0.3, -0.25) is 14.4 Å². The van der Waals surface area contributed by atoms with Crippen LogP contribution in [0.3, 0.4) is 0 Å². The minimum Gasteiger partial charge on any atom is -0.426 e. The fraction of sp³-hybridized carbons (Fsp3) is 0.500. The summed E-state index contributed by atoms with van der Waals surface area (Å²) in [5, 5.41) is 0. The number of rotatable bonds is 4. The first-order valence-electron chi connectivity index (χ1n) is 9.78. The zero-order valence-corrected chi connectivity index (χ0v) is 18.0. The minimum atomic E-state index is -1.07. The third kappa shape index (κ3) is 3.20. The number of benzene rings is 1. The minimum absolute atomic E-state index is 0.136. The lowest BCUT2D eigenvalue weighted by molar-refractivity contribution is -0.131. The van der Waals surface area contributed by atoms with Gasteiger partial charge in [-0.2, -0.15) is 0 Å². The number of ether oxygens (including phenoxy) is 3. The van der Waals surface area contributed by atoms with E-state index in [1.807, 2.05) is 0 Å². The van der Waals surface area contributed by atoms with Gasteiger partial charge in [0.2, 0.25) is 0 Å². The molecular weight excluding hydrogens is 440 g/mol. The molecule has 154 valence electrons. The molecule has 7 heteroatoms. The predicted molar refractivity (Wildman–Crippen MR) is 108 cm³/mol. The van der Waals surface area contributed by atoms with E-state index in [9.17, 15) is 14.4 Å². The van der Waals surface area contributed by atoms with Crippen LogP contribution in [-0.2, 0) is 14.3 Å². The van der Waals surface area contributed by atoms with Crippen LogP contribution < -0.4 is 4.74 Å². The number of esters is 1. The molecule has 0 aromatic heterocycles. The summed E-state index contributed by atoms with van der Waals surface area (Å²) in [5.74, 6) is -1.55. The van der Waals surface area contributed by atoms with E-state index in [0.29, 0.717) is 12.0 Å². The maximum Gasteiger partial charge on any atom is 0.308 e. The second-order valence-corrected chi connectivity index (χ2v) is 9.09. The van der Waals surface area contributed by atoms with E-state index in [0.717, 1.165) is 24.8 Å². The zero-order valence-electron chi connectivity index (χ0n) is 16.4. The zero-order chi connectivity index (χ0) is 20.8. The highest BCUT2D eigenvalue weighted by molar-refractivity contribution is 9.10. The number of ketones is 2. The molecule has 1 saturated carbocycles. The molecule has 0 saturated heterocycles. The van der Waals surface area contributed by atoms with Gasteiger partial charge in [-0.1, -0.05) is 39.7 Å². The van der Waals surface area contributed by atoms with Gasteiger partial charge in [0.15, 0.2) is 11.6 Å². The monoisotopic (exact) mass is 462 g/mol. The van der Waals surface area contributed by atoms with Crippen LogP contribution in [0.2, 0.25) is 0 Å².